The Bertz CT molecular complexity index is 1030. The van der Waals surface area contributed by atoms with Crippen molar-refractivity contribution in [3.05, 3.63) is 70.2 Å². The molecule has 2 amide bonds. The fourth-order valence-electron chi connectivity index (χ4n) is 4.26. The second-order valence-corrected chi connectivity index (χ2v) is 9.18. The molecular weight excluding hydrogens is 438 g/mol. The van der Waals surface area contributed by atoms with Crippen LogP contribution in [0.5, 0.6) is 0 Å². The lowest BCUT2D eigenvalue weighted by molar-refractivity contribution is -0.146. The molecule has 1 aliphatic carbocycles. The summed E-state index contributed by atoms with van der Waals surface area (Å²) in [5.41, 5.74) is 3.76. The normalized spacial score (nSPS) is 18.1. The Hall–Kier alpha value is -2.70. The van der Waals surface area contributed by atoms with Gasteiger partial charge < -0.3 is 9.64 Å². The molecule has 7 heteroatoms. The summed E-state index contributed by atoms with van der Waals surface area (Å²) in [6.45, 7) is 2.80. The summed E-state index contributed by atoms with van der Waals surface area (Å²) in [5, 5.41) is 6.86. The zero-order chi connectivity index (χ0) is 23.4. The maximum Gasteiger partial charge on any atom is 0.262 e. The van der Waals surface area contributed by atoms with Crippen LogP contribution >= 0.6 is 11.6 Å². The Labute approximate surface area is 200 Å². The third-order valence-corrected chi connectivity index (χ3v) is 6.80. The van der Waals surface area contributed by atoms with E-state index in [9.17, 15) is 9.59 Å². The standard InChI is InChI=1S/C26H30ClN3O3/c1-18-10-12-19(13-11-18)24-16-23(21-8-3-4-9-22(21)27)28-30(24)25(31)17-29(14-15-33-2)26(32)20-6-5-7-20/h3-4,8-13,20,24H,5-7,14-17H2,1-2H3/t24-/m0/s1. The molecule has 2 aromatic carbocycles. The second kappa shape index (κ2) is 10.5. The van der Waals surface area contributed by atoms with Crippen LogP contribution in [0, 0.1) is 12.8 Å². The molecule has 0 unspecified atom stereocenters. The average molecular weight is 468 g/mol. The van der Waals surface area contributed by atoms with E-state index in [1.54, 1.807) is 12.0 Å². The molecule has 0 spiro atoms. The van der Waals surface area contributed by atoms with Crippen molar-refractivity contribution in [3.8, 4) is 0 Å². The minimum atomic E-state index is -0.243. The Morgan fingerprint density at radius 3 is 2.52 bits per heavy atom. The lowest BCUT2D eigenvalue weighted by atomic mass is 9.84. The average Bonchev–Trinajstić information content (AvgIpc) is 3.21. The molecule has 0 aromatic heterocycles. The van der Waals surface area contributed by atoms with E-state index in [2.05, 4.69) is 0 Å². The number of rotatable bonds is 8. The van der Waals surface area contributed by atoms with Crippen LogP contribution in [0.25, 0.3) is 0 Å². The fourth-order valence-corrected chi connectivity index (χ4v) is 4.51. The molecule has 1 saturated carbocycles. The Morgan fingerprint density at radius 2 is 1.88 bits per heavy atom. The molecule has 2 aliphatic rings. The van der Waals surface area contributed by atoms with Gasteiger partial charge >= 0.3 is 0 Å². The first kappa shape index (κ1) is 23.5. The van der Waals surface area contributed by atoms with Crippen molar-refractivity contribution in [1.82, 2.24) is 9.91 Å². The highest BCUT2D eigenvalue weighted by atomic mass is 35.5. The van der Waals surface area contributed by atoms with Gasteiger partial charge in [0.2, 0.25) is 5.91 Å². The number of hydrogen-bond acceptors (Lipinski definition) is 4. The number of hydrazone groups is 1. The number of methoxy groups -OCH3 is 1. The monoisotopic (exact) mass is 467 g/mol. The summed E-state index contributed by atoms with van der Waals surface area (Å²) in [6, 6.07) is 15.4. The number of carbonyl (C=O) groups excluding carboxylic acids is 2. The van der Waals surface area contributed by atoms with Crippen LogP contribution in [0.15, 0.2) is 53.6 Å². The van der Waals surface area contributed by atoms with E-state index in [1.165, 1.54) is 5.01 Å². The second-order valence-electron chi connectivity index (χ2n) is 8.78. The van der Waals surface area contributed by atoms with Crippen molar-refractivity contribution < 1.29 is 14.3 Å². The molecule has 1 fully saturated rings. The van der Waals surface area contributed by atoms with Crippen LogP contribution < -0.4 is 0 Å². The highest BCUT2D eigenvalue weighted by Crippen LogP contribution is 2.35. The Kier molecular flexibility index (Phi) is 7.46. The van der Waals surface area contributed by atoms with Gasteiger partial charge in [0, 0.05) is 36.6 Å². The lowest BCUT2D eigenvalue weighted by Crippen LogP contribution is -2.46. The van der Waals surface area contributed by atoms with Gasteiger partial charge in [-0.05, 0) is 31.4 Å². The molecule has 4 rings (SSSR count). The third-order valence-electron chi connectivity index (χ3n) is 6.47. The topological polar surface area (TPSA) is 62.2 Å². The Balaban J connectivity index is 1.60. The first-order valence-corrected chi connectivity index (χ1v) is 11.8. The van der Waals surface area contributed by atoms with E-state index < -0.39 is 0 Å². The first-order valence-electron chi connectivity index (χ1n) is 11.5. The van der Waals surface area contributed by atoms with Crippen molar-refractivity contribution in [2.24, 2.45) is 11.0 Å². The van der Waals surface area contributed by atoms with Crippen molar-refractivity contribution in [2.75, 3.05) is 26.8 Å². The third kappa shape index (κ3) is 5.28. The molecule has 0 bridgehead atoms. The van der Waals surface area contributed by atoms with Crippen LogP contribution in [0.3, 0.4) is 0 Å². The predicted octanol–water partition coefficient (Wildman–Crippen LogP) is 4.60. The number of nitrogens with zero attached hydrogens (tertiary/aromatic N) is 3. The van der Waals surface area contributed by atoms with Crippen LogP contribution in [0.2, 0.25) is 5.02 Å². The number of benzene rings is 2. The summed E-state index contributed by atoms with van der Waals surface area (Å²) in [7, 11) is 1.60. The summed E-state index contributed by atoms with van der Waals surface area (Å²) in [5.74, 6) is -0.150. The van der Waals surface area contributed by atoms with Crippen molar-refractivity contribution in [2.45, 2.75) is 38.6 Å². The molecule has 6 nitrogen and oxygen atoms in total. The van der Waals surface area contributed by atoms with Gasteiger partial charge in [-0.2, -0.15) is 5.10 Å². The number of carbonyl (C=O) groups is 2. The van der Waals surface area contributed by atoms with Crippen molar-refractivity contribution in [1.29, 1.82) is 0 Å². The van der Waals surface area contributed by atoms with Crippen molar-refractivity contribution in [3.63, 3.8) is 0 Å². The molecular formula is C26H30ClN3O3. The molecule has 1 aliphatic heterocycles. The summed E-state index contributed by atoms with van der Waals surface area (Å²) < 4.78 is 5.19. The van der Waals surface area contributed by atoms with E-state index in [1.807, 2.05) is 55.5 Å². The Morgan fingerprint density at radius 1 is 1.15 bits per heavy atom. The number of ether oxygens (including phenoxy) is 1. The number of amides is 2. The maximum absolute atomic E-state index is 13.5. The van der Waals surface area contributed by atoms with Gasteiger partial charge in [0.05, 0.1) is 18.4 Å². The quantitative estimate of drug-likeness (QED) is 0.570. The highest BCUT2D eigenvalue weighted by Gasteiger charge is 2.36. The molecule has 0 saturated heterocycles. The summed E-state index contributed by atoms with van der Waals surface area (Å²) >= 11 is 6.44. The van der Waals surface area contributed by atoms with Gasteiger partial charge in [-0.15, -0.1) is 0 Å². The summed E-state index contributed by atoms with van der Waals surface area (Å²) in [4.78, 5) is 28.1. The smallest absolute Gasteiger partial charge is 0.262 e. The van der Waals surface area contributed by atoms with Gasteiger partial charge in [0.25, 0.3) is 5.91 Å². The first-order chi connectivity index (χ1) is 16.0. The van der Waals surface area contributed by atoms with Crippen LogP contribution in [0.4, 0.5) is 0 Å². The molecule has 1 atom stereocenters. The van der Waals surface area contributed by atoms with Gasteiger partial charge in [-0.25, -0.2) is 5.01 Å². The fraction of sp³-hybridized carbons (Fsp3) is 0.423. The van der Waals surface area contributed by atoms with Crippen molar-refractivity contribution >= 4 is 29.1 Å². The largest absolute Gasteiger partial charge is 0.383 e. The van der Waals surface area contributed by atoms with E-state index in [4.69, 9.17) is 21.4 Å². The SMILES string of the molecule is COCCN(CC(=O)N1N=C(c2ccccc2Cl)C[C@H]1c1ccc(C)cc1)C(=O)C1CCC1. The van der Waals surface area contributed by atoms with Crippen LogP contribution in [-0.4, -0.2) is 54.2 Å². The van der Waals surface area contributed by atoms with Crippen LogP contribution in [0.1, 0.15) is 48.4 Å². The molecule has 33 heavy (non-hydrogen) atoms. The van der Waals surface area contributed by atoms with Gasteiger partial charge in [0.15, 0.2) is 0 Å². The van der Waals surface area contributed by atoms with E-state index in [-0.39, 0.29) is 30.3 Å². The van der Waals surface area contributed by atoms with Gasteiger partial charge in [-0.1, -0.05) is 66.0 Å². The predicted molar refractivity (Wildman–Crippen MR) is 129 cm³/mol. The number of aryl methyl sites for hydroxylation is 1. The number of hydrogen-bond donors (Lipinski definition) is 0. The van der Waals surface area contributed by atoms with Gasteiger partial charge in [0.1, 0.15) is 6.54 Å². The van der Waals surface area contributed by atoms with E-state index >= 15 is 0 Å². The lowest BCUT2D eigenvalue weighted by Gasteiger charge is -2.32. The minimum absolute atomic E-state index is 0.0135. The molecule has 174 valence electrons. The maximum atomic E-state index is 13.5. The van der Waals surface area contributed by atoms with E-state index in [0.717, 1.165) is 41.7 Å². The number of halogens is 1. The highest BCUT2D eigenvalue weighted by molar-refractivity contribution is 6.34. The zero-order valence-corrected chi connectivity index (χ0v) is 19.9. The molecule has 0 N–H and O–H groups in total. The molecule has 2 aromatic rings. The molecule has 0 radical (unpaired) electrons. The minimum Gasteiger partial charge on any atom is -0.383 e. The van der Waals surface area contributed by atoms with Crippen LogP contribution in [-0.2, 0) is 14.3 Å². The summed E-state index contributed by atoms with van der Waals surface area (Å²) in [6.07, 6.45) is 3.41. The molecule has 1 heterocycles. The van der Waals surface area contributed by atoms with Gasteiger partial charge in [-0.3, -0.25) is 9.59 Å². The van der Waals surface area contributed by atoms with E-state index in [0.29, 0.717) is 24.6 Å². The zero-order valence-electron chi connectivity index (χ0n) is 19.2.